The summed E-state index contributed by atoms with van der Waals surface area (Å²) in [7, 11) is 0. The Morgan fingerprint density at radius 3 is 2.57 bits per heavy atom. The van der Waals surface area contributed by atoms with Crippen LogP contribution >= 0.6 is 0 Å². The second-order valence-electron chi connectivity index (χ2n) is 0.865. The number of hydrogen-bond donors (Lipinski definition) is 1. The van der Waals surface area contributed by atoms with Crippen LogP contribution < -0.4 is 5.73 Å². The van der Waals surface area contributed by atoms with Crippen molar-refractivity contribution in [3.63, 3.8) is 0 Å². The molecule has 0 saturated heterocycles. The SMILES string of the molecule is N#C/C=C\C(N)=O. The first-order chi connectivity index (χ1) is 3.27. The summed E-state index contributed by atoms with van der Waals surface area (Å²) in [4.78, 5) is 9.74. The van der Waals surface area contributed by atoms with Crippen molar-refractivity contribution in [2.24, 2.45) is 5.73 Å². The van der Waals surface area contributed by atoms with Crippen molar-refractivity contribution in [2.45, 2.75) is 0 Å². The monoisotopic (exact) mass is 96.0 g/mol. The van der Waals surface area contributed by atoms with Crippen LogP contribution in [0.1, 0.15) is 0 Å². The quantitative estimate of drug-likeness (QED) is 0.355. The lowest BCUT2D eigenvalue weighted by Crippen LogP contribution is -2.04. The van der Waals surface area contributed by atoms with Crippen LogP contribution in [0.4, 0.5) is 0 Å². The van der Waals surface area contributed by atoms with Crippen molar-refractivity contribution in [1.29, 1.82) is 5.26 Å². The lowest BCUT2D eigenvalue weighted by Gasteiger charge is -1.68. The molecule has 0 unspecified atom stereocenters. The molecule has 0 aliphatic carbocycles. The van der Waals surface area contributed by atoms with Crippen molar-refractivity contribution < 1.29 is 4.79 Å². The Bertz CT molecular complexity index is 131. The molecule has 0 fully saturated rings. The number of carbonyl (C=O) groups is 1. The molecule has 2 N–H and O–H groups in total. The number of primary amides is 1. The molecule has 0 bridgehead atoms. The maximum Gasteiger partial charge on any atom is 0.242 e. The van der Waals surface area contributed by atoms with E-state index in [0.717, 1.165) is 12.2 Å². The number of hydrogen-bond acceptors (Lipinski definition) is 2. The molecule has 1 amide bonds. The largest absolute Gasteiger partial charge is 0.366 e. The van der Waals surface area contributed by atoms with Crippen molar-refractivity contribution in [3.8, 4) is 6.07 Å². The number of carbonyl (C=O) groups excluding carboxylic acids is 1. The summed E-state index contributed by atoms with van der Waals surface area (Å²) in [6.45, 7) is 0. The molecular weight excluding hydrogens is 92.1 g/mol. The Morgan fingerprint density at radius 2 is 2.43 bits per heavy atom. The van der Waals surface area contributed by atoms with Crippen LogP contribution in [0.2, 0.25) is 0 Å². The zero-order chi connectivity index (χ0) is 5.70. The zero-order valence-corrected chi connectivity index (χ0v) is 3.59. The molecule has 0 radical (unpaired) electrons. The molecule has 0 spiro atoms. The highest BCUT2D eigenvalue weighted by molar-refractivity contribution is 5.86. The predicted octanol–water partition coefficient (Wildman–Crippen LogP) is -0.449. The normalized spacial score (nSPS) is 8.43. The van der Waals surface area contributed by atoms with Gasteiger partial charge in [0, 0.05) is 12.2 Å². The van der Waals surface area contributed by atoms with Gasteiger partial charge in [-0.3, -0.25) is 4.79 Å². The van der Waals surface area contributed by atoms with Crippen LogP contribution in [0.5, 0.6) is 0 Å². The first-order valence-corrected chi connectivity index (χ1v) is 1.63. The van der Waals surface area contributed by atoms with Crippen LogP contribution in [0.3, 0.4) is 0 Å². The van der Waals surface area contributed by atoms with E-state index >= 15 is 0 Å². The molecular formula is C4H4N2O. The van der Waals surface area contributed by atoms with Crippen LogP contribution in [0.15, 0.2) is 12.2 Å². The van der Waals surface area contributed by atoms with E-state index < -0.39 is 5.91 Å². The second kappa shape index (κ2) is 2.91. The van der Waals surface area contributed by atoms with E-state index in [-0.39, 0.29) is 0 Å². The number of nitriles is 1. The number of allylic oxidation sites excluding steroid dienone is 1. The van der Waals surface area contributed by atoms with Gasteiger partial charge in [0.15, 0.2) is 0 Å². The third kappa shape index (κ3) is 4.70. The van der Waals surface area contributed by atoms with Crippen LogP contribution in [-0.4, -0.2) is 5.91 Å². The Kier molecular flexibility index (Phi) is 2.37. The average Bonchev–Trinajstić information content (AvgIpc) is 1.61. The number of nitrogens with zero attached hydrogens (tertiary/aromatic N) is 1. The highest BCUT2D eigenvalue weighted by atomic mass is 16.1. The van der Waals surface area contributed by atoms with Gasteiger partial charge in [0.05, 0.1) is 6.07 Å². The standard InChI is InChI=1S/C4H4N2O/c5-3-1-2-4(6)7/h1-2H,(H2,6,7)/b2-1-. The highest BCUT2D eigenvalue weighted by Gasteiger charge is 1.75. The van der Waals surface area contributed by atoms with Crippen LogP contribution in [0.25, 0.3) is 0 Å². The third-order valence-corrected chi connectivity index (χ3v) is 0.322. The van der Waals surface area contributed by atoms with E-state index in [2.05, 4.69) is 5.73 Å². The summed E-state index contributed by atoms with van der Waals surface area (Å²) >= 11 is 0. The summed E-state index contributed by atoms with van der Waals surface area (Å²) in [5.41, 5.74) is 4.60. The molecule has 0 atom stereocenters. The third-order valence-electron chi connectivity index (χ3n) is 0.322. The minimum atomic E-state index is -0.596. The van der Waals surface area contributed by atoms with Gasteiger partial charge in [-0.25, -0.2) is 0 Å². The van der Waals surface area contributed by atoms with E-state index in [1.54, 1.807) is 6.07 Å². The molecule has 0 aromatic carbocycles. The Hall–Kier alpha value is -1.30. The lowest BCUT2D eigenvalue weighted by molar-refractivity contribution is -0.113. The van der Waals surface area contributed by atoms with E-state index in [1.807, 2.05) is 0 Å². The van der Waals surface area contributed by atoms with E-state index in [1.165, 1.54) is 0 Å². The number of rotatable bonds is 1. The molecule has 3 heteroatoms. The van der Waals surface area contributed by atoms with Crippen molar-refractivity contribution >= 4 is 5.91 Å². The average molecular weight is 96.1 g/mol. The Labute approximate surface area is 41.0 Å². The molecule has 0 rings (SSSR count). The summed E-state index contributed by atoms with van der Waals surface area (Å²) in [6, 6.07) is 1.62. The van der Waals surface area contributed by atoms with E-state index in [9.17, 15) is 4.79 Å². The summed E-state index contributed by atoms with van der Waals surface area (Å²) in [5, 5.41) is 7.77. The summed E-state index contributed by atoms with van der Waals surface area (Å²) < 4.78 is 0. The fourth-order valence-electron chi connectivity index (χ4n) is 0.119. The van der Waals surface area contributed by atoms with Gasteiger partial charge in [0.2, 0.25) is 5.91 Å². The maximum atomic E-state index is 9.74. The van der Waals surface area contributed by atoms with Gasteiger partial charge in [-0.2, -0.15) is 5.26 Å². The predicted molar refractivity (Wildman–Crippen MR) is 23.9 cm³/mol. The molecule has 0 saturated carbocycles. The smallest absolute Gasteiger partial charge is 0.242 e. The number of amides is 1. The molecule has 3 nitrogen and oxygen atoms in total. The topological polar surface area (TPSA) is 66.9 Å². The Balaban J connectivity index is 3.53. The van der Waals surface area contributed by atoms with Gasteiger partial charge in [-0.15, -0.1) is 0 Å². The lowest BCUT2D eigenvalue weighted by atomic mass is 10.5. The van der Waals surface area contributed by atoms with E-state index in [0.29, 0.717) is 0 Å². The first-order valence-electron chi connectivity index (χ1n) is 1.63. The van der Waals surface area contributed by atoms with Gasteiger partial charge in [-0.05, 0) is 0 Å². The molecule has 0 aromatic rings. The zero-order valence-electron chi connectivity index (χ0n) is 3.59. The first kappa shape index (κ1) is 5.70. The highest BCUT2D eigenvalue weighted by Crippen LogP contribution is 1.62. The number of nitrogens with two attached hydrogens (primary N) is 1. The van der Waals surface area contributed by atoms with Crippen LogP contribution in [0, 0.1) is 11.3 Å². The van der Waals surface area contributed by atoms with Gasteiger partial charge in [0.25, 0.3) is 0 Å². The minimum Gasteiger partial charge on any atom is -0.366 e. The fourth-order valence-corrected chi connectivity index (χ4v) is 0.119. The molecule has 0 heterocycles. The van der Waals surface area contributed by atoms with Crippen molar-refractivity contribution in [2.75, 3.05) is 0 Å². The molecule has 0 aliphatic heterocycles. The van der Waals surface area contributed by atoms with Gasteiger partial charge >= 0.3 is 0 Å². The van der Waals surface area contributed by atoms with E-state index in [4.69, 9.17) is 5.26 Å². The van der Waals surface area contributed by atoms with Crippen LogP contribution in [-0.2, 0) is 4.79 Å². The van der Waals surface area contributed by atoms with Crippen molar-refractivity contribution in [3.05, 3.63) is 12.2 Å². The van der Waals surface area contributed by atoms with Crippen molar-refractivity contribution in [1.82, 2.24) is 0 Å². The van der Waals surface area contributed by atoms with Gasteiger partial charge < -0.3 is 5.73 Å². The molecule has 0 aliphatic rings. The maximum absolute atomic E-state index is 9.74. The molecule has 36 valence electrons. The second-order valence-corrected chi connectivity index (χ2v) is 0.865. The molecule has 7 heavy (non-hydrogen) atoms. The Morgan fingerprint density at radius 1 is 1.86 bits per heavy atom. The minimum absolute atomic E-state index is 0.596. The fraction of sp³-hybridized carbons (Fsp3) is 0. The summed E-state index contributed by atoms with van der Waals surface area (Å²) in [5.74, 6) is -0.596. The van der Waals surface area contributed by atoms with Gasteiger partial charge in [0.1, 0.15) is 0 Å². The van der Waals surface area contributed by atoms with Gasteiger partial charge in [-0.1, -0.05) is 0 Å². The molecule has 0 aromatic heterocycles. The summed E-state index contributed by atoms with van der Waals surface area (Å²) in [6.07, 6.45) is 2.03.